The highest BCUT2D eigenvalue weighted by atomic mass is 16.3. The van der Waals surface area contributed by atoms with Gasteiger partial charge < -0.3 is 10.4 Å². The summed E-state index contributed by atoms with van der Waals surface area (Å²) in [7, 11) is 0. The lowest BCUT2D eigenvalue weighted by molar-refractivity contribution is -0.127. The van der Waals surface area contributed by atoms with E-state index in [0.29, 0.717) is 6.42 Å². The van der Waals surface area contributed by atoms with Crippen molar-refractivity contribution in [2.24, 2.45) is 0 Å². The molecule has 0 heterocycles. The Balaban J connectivity index is 3.25. The van der Waals surface area contributed by atoms with Crippen LogP contribution in [0.4, 0.5) is 0 Å². The third kappa shape index (κ3) is 19.2. The summed E-state index contributed by atoms with van der Waals surface area (Å²) in [5.74, 6) is -0.0554. The van der Waals surface area contributed by atoms with Gasteiger partial charge in [-0.05, 0) is 46.0 Å². The van der Waals surface area contributed by atoms with Crippen LogP contribution in [0.1, 0.15) is 111 Å². The molecule has 0 saturated carbocycles. The lowest BCUT2D eigenvalue weighted by Crippen LogP contribution is -2.42. The molecule has 0 rings (SSSR count). The van der Waals surface area contributed by atoms with Crippen molar-refractivity contribution < 1.29 is 9.90 Å². The largest absolute Gasteiger partial charge is 0.372 e. The van der Waals surface area contributed by atoms with E-state index in [0.717, 1.165) is 12.8 Å². The molecule has 0 aromatic carbocycles. The average molecular weight is 340 g/mol. The molecule has 2 N–H and O–H groups in total. The molecule has 0 aliphatic heterocycles. The van der Waals surface area contributed by atoms with Crippen LogP contribution in [0.3, 0.4) is 0 Å². The van der Waals surface area contributed by atoms with Crippen LogP contribution >= 0.6 is 0 Å². The van der Waals surface area contributed by atoms with Gasteiger partial charge in [0.25, 0.3) is 0 Å². The van der Waals surface area contributed by atoms with Gasteiger partial charge in [-0.1, -0.05) is 70.4 Å². The standard InChI is InChI=1S/C21H41NO2/c1-4-5-6-7-8-9-10-11-12-13-14-15-16-17-18-19-20(23)22-21(2,3)24/h11-12,24H,4-10,13-19H2,1-3H3,(H,22,23)/b12-11-. The van der Waals surface area contributed by atoms with Gasteiger partial charge >= 0.3 is 0 Å². The summed E-state index contributed by atoms with van der Waals surface area (Å²) in [6.45, 7) is 5.44. The van der Waals surface area contributed by atoms with Crippen LogP contribution < -0.4 is 5.32 Å². The van der Waals surface area contributed by atoms with Gasteiger partial charge in [-0.15, -0.1) is 0 Å². The van der Waals surface area contributed by atoms with Crippen molar-refractivity contribution in [1.82, 2.24) is 5.32 Å². The molecule has 24 heavy (non-hydrogen) atoms. The summed E-state index contributed by atoms with van der Waals surface area (Å²) in [4.78, 5) is 11.5. The number of nitrogens with one attached hydrogen (secondary N) is 1. The summed E-state index contributed by atoms with van der Waals surface area (Å²) in [6.07, 6.45) is 21.6. The van der Waals surface area contributed by atoms with Crippen molar-refractivity contribution in [2.45, 2.75) is 116 Å². The highest BCUT2D eigenvalue weighted by Crippen LogP contribution is 2.10. The zero-order chi connectivity index (χ0) is 18.1. The van der Waals surface area contributed by atoms with E-state index in [2.05, 4.69) is 24.4 Å². The van der Waals surface area contributed by atoms with E-state index >= 15 is 0 Å². The molecule has 0 aromatic rings. The number of carbonyl (C=O) groups is 1. The van der Waals surface area contributed by atoms with Gasteiger partial charge in [0.05, 0.1) is 0 Å². The summed E-state index contributed by atoms with van der Waals surface area (Å²) in [5, 5.41) is 12.1. The van der Waals surface area contributed by atoms with Gasteiger partial charge in [0.2, 0.25) is 5.91 Å². The van der Waals surface area contributed by atoms with E-state index in [9.17, 15) is 9.90 Å². The summed E-state index contributed by atoms with van der Waals surface area (Å²) < 4.78 is 0. The first-order chi connectivity index (χ1) is 11.5. The number of carbonyl (C=O) groups excluding carboxylic acids is 1. The van der Waals surface area contributed by atoms with Crippen LogP contribution in [0, 0.1) is 0 Å². The Kier molecular flexibility index (Phi) is 15.1. The summed E-state index contributed by atoms with van der Waals surface area (Å²) in [6, 6.07) is 0. The summed E-state index contributed by atoms with van der Waals surface area (Å²) in [5.41, 5.74) is -1.10. The Bertz CT molecular complexity index is 318. The molecule has 142 valence electrons. The smallest absolute Gasteiger partial charge is 0.222 e. The van der Waals surface area contributed by atoms with E-state index in [-0.39, 0.29) is 5.91 Å². The molecule has 0 saturated heterocycles. The van der Waals surface area contributed by atoms with Crippen molar-refractivity contribution >= 4 is 5.91 Å². The Morgan fingerprint density at radius 3 is 1.79 bits per heavy atom. The normalized spacial score (nSPS) is 12.0. The third-order valence-corrected chi connectivity index (χ3v) is 4.11. The van der Waals surface area contributed by atoms with Crippen LogP contribution in [0.25, 0.3) is 0 Å². The second kappa shape index (κ2) is 15.7. The molecule has 3 heteroatoms. The van der Waals surface area contributed by atoms with Crippen LogP contribution in [-0.4, -0.2) is 16.7 Å². The maximum absolute atomic E-state index is 11.5. The molecule has 0 atom stereocenters. The monoisotopic (exact) mass is 339 g/mol. The predicted molar refractivity (Wildman–Crippen MR) is 104 cm³/mol. The van der Waals surface area contributed by atoms with Crippen LogP contribution in [0.15, 0.2) is 12.2 Å². The number of rotatable bonds is 16. The number of hydrogen-bond donors (Lipinski definition) is 2. The van der Waals surface area contributed by atoms with Gasteiger partial charge in [0.1, 0.15) is 5.72 Å². The maximum atomic E-state index is 11.5. The van der Waals surface area contributed by atoms with Gasteiger partial charge in [0, 0.05) is 6.42 Å². The zero-order valence-corrected chi connectivity index (χ0v) is 16.4. The Labute approximate surface area is 150 Å². The molecule has 1 amide bonds. The predicted octanol–water partition coefficient (Wildman–Crippen LogP) is 5.87. The minimum absolute atomic E-state index is 0.0554. The van der Waals surface area contributed by atoms with Crippen molar-refractivity contribution in [3.8, 4) is 0 Å². The van der Waals surface area contributed by atoms with E-state index in [1.165, 1.54) is 70.6 Å². The van der Waals surface area contributed by atoms with Crippen molar-refractivity contribution in [1.29, 1.82) is 0 Å². The molecule has 0 radical (unpaired) electrons. The van der Waals surface area contributed by atoms with Crippen LogP contribution in [0.5, 0.6) is 0 Å². The van der Waals surface area contributed by atoms with Crippen LogP contribution in [0.2, 0.25) is 0 Å². The fourth-order valence-electron chi connectivity index (χ4n) is 2.76. The zero-order valence-electron chi connectivity index (χ0n) is 16.4. The highest BCUT2D eigenvalue weighted by Gasteiger charge is 2.14. The second-order valence-electron chi connectivity index (χ2n) is 7.44. The molecule has 3 nitrogen and oxygen atoms in total. The van der Waals surface area contributed by atoms with E-state index in [1.54, 1.807) is 13.8 Å². The summed E-state index contributed by atoms with van der Waals surface area (Å²) >= 11 is 0. The average Bonchev–Trinajstić information content (AvgIpc) is 2.49. The quantitative estimate of drug-likeness (QED) is 0.210. The fourth-order valence-corrected chi connectivity index (χ4v) is 2.76. The SMILES string of the molecule is CCCCCCCC/C=C\CCCCCCCC(=O)NC(C)(C)O. The Hall–Kier alpha value is -0.830. The van der Waals surface area contributed by atoms with Gasteiger partial charge in [-0.2, -0.15) is 0 Å². The lowest BCUT2D eigenvalue weighted by atomic mass is 10.1. The van der Waals surface area contributed by atoms with Gasteiger partial charge in [0.15, 0.2) is 0 Å². The molecular formula is C21H41NO2. The van der Waals surface area contributed by atoms with Crippen molar-refractivity contribution in [2.75, 3.05) is 0 Å². The van der Waals surface area contributed by atoms with Crippen LogP contribution in [-0.2, 0) is 4.79 Å². The first-order valence-electron chi connectivity index (χ1n) is 10.1. The molecule has 0 spiro atoms. The van der Waals surface area contributed by atoms with Gasteiger partial charge in [-0.25, -0.2) is 0 Å². The van der Waals surface area contributed by atoms with Crippen molar-refractivity contribution in [3.05, 3.63) is 12.2 Å². The molecule has 0 bridgehead atoms. The lowest BCUT2D eigenvalue weighted by Gasteiger charge is -2.18. The molecule has 0 fully saturated rings. The topological polar surface area (TPSA) is 49.3 Å². The molecule has 0 unspecified atom stereocenters. The third-order valence-electron chi connectivity index (χ3n) is 4.11. The number of hydrogen-bond acceptors (Lipinski definition) is 2. The number of amides is 1. The first kappa shape index (κ1) is 23.2. The Morgan fingerprint density at radius 1 is 0.833 bits per heavy atom. The van der Waals surface area contributed by atoms with Gasteiger partial charge in [-0.3, -0.25) is 4.79 Å². The number of allylic oxidation sites excluding steroid dienone is 2. The molecular weight excluding hydrogens is 298 g/mol. The second-order valence-corrected chi connectivity index (χ2v) is 7.44. The molecule has 0 aliphatic carbocycles. The minimum atomic E-state index is -1.10. The minimum Gasteiger partial charge on any atom is -0.372 e. The van der Waals surface area contributed by atoms with E-state index < -0.39 is 5.72 Å². The molecule has 0 aromatic heterocycles. The first-order valence-corrected chi connectivity index (χ1v) is 10.1. The fraction of sp³-hybridized carbons (Fsp3) is 0.857. The van der Waals surface area contributed by atoms with Crippen molar-refractivity contribution in [3.63, 3.8) is 0 Å². The molecule has 0 aliphatic rings. The highest BCUT2D eigenvalue weighted by molar-refractivity contribution is 5.76. The number of aliphatic hydroxyl groups is 1. The maximum Gasteiger partial charge on any atom is 0.222 e. The number of unbranched alkanes of at least 4 members (excludes halogenated alkanes) is 11. The van der Waals surface area contributed by atoms with E-state index in [1.807, 2.05) is 0 Å². The Morgan fingerprint density at radius 2 is 1.29 bits per heavy atom. The van der Waals surface area contributed by atoms with E-state index in [4.69, 9.17) is 0 Å².